The van der Waals surface area contributed by atoms with Crippen molar-refractivity contribution in [2.45, 2.75) is 33.4 Å². The van der Waals surface area contributed by atoms with E-state index in [4.69, 9.17) is 0 Å². The van der Waals surface area contributed by atoms with Crippen LogP contribution in [0.3, 0.4) is 0 Å². The summed E-state index contributed by atoms with van der Waals surface area (Å²) in [5, 5.41) is 8.08. The van der Waals surface area contributed by atoms with Crippen LogP contribution in [0.2, 0.25) is 0 Å². The number of nitrogens with one attached hydrogen (secondary N) is 2. The Hall–Kier alpha value is -3.39. The Morgan fingerprint density at radius 3 is 2.53 bits per heavy atom. The van der Waals surface area contributed by atoms with Gasteiger partial charge in [-0.15, -0.1) is 11.3 Å². The molecule has 4 heterocycles. The van der Waals surface area contributed by atoms with E-state index in [0.29, 0.717) is 18.2 Å². The van der Waals surface area contributed by atoms with Gasteiger partial charge in [-0.1, -0.05) is 26.0 Å². The third kappa shape index (κ3) is 5.15. The predicted octanol–water partition coefficient (Wildman–Crippen LogP) is 4.61. The van der Waals surface area contributed by atoms with Gasteiger partial charge in [-0.25, -0.2) is 9.97 Å². The second-order valence-electron chi connectivity index (χ2n) is 6.23. The summed E-state index contributed by atoms with van der Waals surface area (Å²) < 4.78 is 0.767. The van der Waals surface area contributed by atoms with Gasteiger partial charge < -0.3 is 10.6 Å². The minimum absolute atomic E-state index is 0.0453. The second kappa shape index (κ2) is 10.4. The molecule has 4 aromatic rings. The van der Waals surface area contributed by atoms with E-state index in [9.17, 15) is 4.79 Å². The SMILES string of the molecule is CC.C[C@H](Nc1nc(C(=O)NCc2cccnc2)c2sccc2n1)c1cccnc1. The highest BCUT2D eigenvalue weighted by Gasteiger charge is 2.17. The van der Waals surface area contributed by atoms with Gasteiger partial charge in [0, 0.05) is 31.3 Å². The number of hydrogen-bond donors (Lipinski definition) is 2. The molecule has 8 heteroatoms. The molecule has 0 saturated carbocycles. The summed E-state index contributed by atoms with van der Waals surface area (Å²) in [6.07, 6.45) is 6.95. The summed E-state index contributed by atoms with van der Waals surface area (Å²) in [6, 6.07) is 9.46. The Labute approximate surface area is 179 Å². The third-order valence-corrected chi connectivity index (χ3v) is 5.13. The van der Waals surface area contributed by atoms with Crippen molar-refractivity contribution in [2.24, 2.45) is 0 Å². The smallest absolute Gasteiger partial charge is 0.271 e. The molecule has 0 aliphatic heterocycles. The van der Waals surface area contributed by atoms with E-state index in [1.165, 1.54) is 11.3 Å². The molecule has 0 radical (unpaired) electrons. The minimum Gasteiger partial charge on any atom is -0.348 e. The molecule has 0 unspecified atom stereocenters. The van der Waals surface area contributed by atoms with Crippen molar-refractivity contribution < 1.29 is 4.79 Å². The molecule has 4 rings (SSSR count). The number of hydrogen-bond acceptors (Lipinski definition) is 7. The van der Waals surface area contributed by atoms with Crippen molar-refractivity contribution in [3.05, 3.63) is 77.3 Å². The van der Waals surface area contributed by atoms with Gasteiger partial charge in [0.1, 0.15) is 0 Å². The second-order valence-corrected chi connectivity index (χ2v) is 7.14. The van der Waals surface area contributed by atoms with Crippen molar-refractivity contribution in [3.8, 4) is 0 Å². The number of fused-ring (bicyclic) bond motifs is 1. The maximum absolute atomic E-state index is 12.8. The summed E-state index contributed by atoms with van der Waals surface area (Å²) in [5.74, 6) is 0.171. The number of carbonyl (C=O) groups excluding carboxylic acids is 1. The topological polar surface area (TPSA) is 92.7 Å². The van der Waals surface area contributed by atoms with Gasteiger partial charge >= 0.3 is 0 Å². The molecule has 0 bridgehead atoms. The van der Waals surface area contributed by atoms with Crippen LogP contribution in [0, 0.1) is 0 Å². The Bertz CT molecular complexity index is 1080. The van der Waals surface area contributed by atoms with Crippen LogP contribution < -0.4 is 10.6 Å². The van der Waals surface area contributed by atoms with Crippen molar-refractivity contribution in [1.82, 2.24) is 25.3 Å². The van der Waals surface area contributed by atoms with Crippen LogP contribution in [0.5, 0.6) is 0 Å². The number of thiophene rings is 1. The molecule has 154 valence electrons. The lowest BCUT2D eigenvalue weighted by molar-refractivity contribution is 0.0948. The summed E-state index contributed by atoms with van der Waals surface area (Å²) in [7, 11) is 0. The quantitative estimate of drug-likeness (QED) is 0.473. The lowest BCUT2D eigenvalue weighted by Gasteiger charge is -2.14. The van der Waals surface area contributed by atoms with Crippen LogP contribution in [0.25, 0.3) is 10.2 Å². The zero-order chi connectivity index (χ0) is 21.3. The Kier molecular flexibility index (Phi) is 7.40. The van der Waals surface area contributed by atoms with E-state index in [0.717, 1.165) is 21.3 Å². The number of carbonyl (C=O) groups is 1. The third-order valence-electron chi connectivity index (χ3n) is 4.22. The van der Waals surface area contributed by atoms with Gasteiger partial charge in [0.05, 0.1) is 16.3 Å². The fourth-order valence-electron chi connectivity index (χ4n) is 2.76. The van der Waals surface area contributed by atoms with Gasteiger partial charge in [0.15, 0.2) is 5.69 Å². The number of rotatable bonds is 6. The first-order valence-electron chi connectivity index (χ1n) is 9.79. The fraction of sp³-hybridized carbons (Fsp3) is 0.227. The summed E-state index contributed by atoms with van der Waals surface area (Å²) in [4.78, 5) is 30.0. The monoisotopic (exact) mass is 420 g/mol. The van der Waals surface area contributed by atoms with Crippen molar-refractivity contribution in [1.29, 1.82) is 0 Å². The van der Waals surface area contributed by atoms with Crippen LogP contribution in [-0.4, -0.2) is 25.8 Å². The average Bonchev–Trinajstić information content (AvgIpc) is 3.28. The molecule has 0 aliphatic carbocycles. The Morgan fingerprint density at radius 2 is 1.83 bits per heavy atom. The molecule has 4 aromatic heterocycles. The fourth-order valence-corrected chi connectivity index (χ4v) is 3.58. The van der Waals surface area contributed by atoms with Crippen LogP contribution in [0.1, 0.15) is 48.4 Å². The van der Waals surface area contributed by atoms with E-state index in [-0.39, 0.29) is 11.9 Å². The maximum Gasteiger partial charge on any atom is 0.271 e. The highest BCUT2D eigenvalue weighted by molar-refractivity contribution is 7.17. The molecular formula is C22H24N6OS. The molecule has 1 atom stereocenters. The maximum atomic E-state index is 12.8. The van der Waals surface area contributed by atoms with E-state index in [1.807, 2.05) is 56.5 Å². The van der Waals surface area contributed by atoms with Gasteiger partial charge in [-0.3, -0.25) is 14.8 Å². The number of pyridine rings is 2. The Balaban J connectivity index is 0.00000124. The zero-order valence-corrected chi connectivity index (χ0v) is 18.0. The normalized spacial score (nSPS) is 11.3. The molecule has 7 nitrogen and oxygen atoms in total. The summed E-state index contributed by atoms with van der Waals surface area (Å²) >= 11 is 1.45. The van der Waals surface area contributed by atoms with Crippen LogP contribution in [-0.2, 0) is 6.54 Å². The van der Waals surface area contributed by atoms with Crippen molar-refractivity contribution in [3.63, 3.8) is 0 Å². The van der Waals surface area contributed by atoms with E-state index < -0.39 is 0 Å². The number of nitrogens with zero attached hydrogens (tertiary/aromatic N) is 4. The molecule has 0 aromatic carbocycles. The minimum atomic E-state index is -0.240. The molecule has 0 saturated heterocycles. The molecule has 2 N–H and O–H groups in total. The van der Waals surface area contributed by atoms with Gasteiger partial charge in [0.25, 0.3) is 5.91 Å². The number of amides is 1. The first kappa shape index (κ1) is 21.3. The standard InChI is InChI=1S/C20H18N6OS.C2H6/c1-13(15-5-3-8-22-12-15)24-20-25-16-6-9-28-18(16)17(26-20)19(27)23-11-14-4-2-7-21-10-14;1-2/h2-10,12-13H,11H2,1H3,(H,23,27)(H,24,25,26);1-2H3/t13-;/m0./s1. The van der Waals surface area contributed by atoms with Crippen LogP contribution in [0.4, 0.5) is 5.95 Å². The summed E-state index contributed by atoms with van der Waals surface area (Å²) in [6.45, 7) is 6.39. The number of aromatic nitrogens is 4. The lowest BCUT2D eigenvalue weighted by atomic mass is 10.1. The average molecular weight is 421 g/mol. The van der Waals surface area contributed by atoms with Gasteiger partial charge in [-0.2, -0.15) is 0 Å². The van der Waals surface area contributed by atoms with Crippen LogP contribution in [0.15, 0.2) is 60.5 Å². The van der Waals surface area contributed by atoms with Crippen molar-refractivity contribution in [2.75, 3.05) is 5.32 Å². The first-order valence-corrected chi connectivity index (χ1v) is 10.7. The summed E-state index contributed by atoms with van der Waals surface area (Å²) in [5.41, 5.74) is 3.05. The van der Waals surface area contributed by atoms with Crippen molar-refractivity contribution >= 4 is 33.4 Å². The van der Waals surface area contributed by atoms with Gasteiger partial charge in [-0.05, 0) is 41.6 Å². The zero-order valence-electron chi connectivity index (χ0n) is 17.2. The largest absolute Gasteiger partial charge is 0.348 e. The molecule has 0 spiro atoms. The van der Waals surface area contributed by atoms with Crippen LogP contribution >= 0.6 is 11.3 Å². The Morgan fingerprint density at radius 1 is 1.07 bits per heavy atom. The van der Waals surface area contributed by atoms with Gasteiger partial charge in [0.2, 0.25) is 5.95 Å². The molecule has 0 aliphatic rings. The molecule has 0 fully saturated rings. The number of anilines is 1. The molecular weight excluding hydrogens is 396 g/mol. The lowest BCUT2D eigenvalue weighted by Crippen LogP contribution is -2.24. The highest BCUT2D eigenvalue weighted by atomic mass is 32.1. The molecule has 30 heavy (non-hydrogen) atoms. The highest BCUT2D eigenvalue weighted by Crippen LogP contribution is 2.25. The first-order chi connectivity index (χ1) is 14.7. The van der Waals surface area contributed by atoms with E-state index in [1.54, 1.807) is 24.8 Å². The van der Waals surface area contributed by atoms with E-state index in [2.05, 4.69) is 30.6 Å². The van der Waals surface area contributed by atoms with E-state index >= 15 is 0 Å². The molecule has 1 amide bonds. The predicted molar refractivity (Wildman–Crippen MR) is 120 cm³/mol.